The Hall–Kier alpha value is -1.49. The molecule has 1 aromatic heterocycles. The van der Waals surface area contributed by atoms with Crippen molar-refractivity contribution in [2.45, 2.75) is 38.7 Å². The number of ether oxygens (including phenoxy) is 1. The molecule has 106 valence electrons. The third-order valence-corrected chi connectivity index (χ3v) is 3.42. The fourth-order valence-electron chi connectivity index (χ4n) is 2.35. The minimum Gasteiger partial charge on any atom is -0.476 e. The Balaban J connectivity index is 1.89. The summed E-state index contributed by atoms with van der Waals surface area (Å²) in [5.41, 5.74) is 6.38. The molecule has 0 radical (unpaired) electrons. The molecule has 2 unspecified atom stereocenters. The van der Waals surface area contributed by atoms with Gasteiger partial charge in [0.05, 0.1) is 18.4 Å². The van der Waals surface area contributed by atoms with Crippen molar-refractivity contribution in [3.05, 3.63) is 12.1 Å². The third-order valence-electron chi connectivity index (χ3n) is 3.42. The quantitative estimate of drug-likeness (QED) is 0.733. The van der Waals surface area contributed by atoms with Gasteiger partial charge in [-0.3, -0.25) is 0 Å². The first-order valence-electron chi connectivity index (χ1n) is 7.00. The van der Waals surface area contributed by atoms with Crippen molar-refractivity contribution < 1.29 is 9.84 Å². The van der Waals surface area contributed by atoms with Crippen molar-refractivity contribution in [2.75, 3.05) is 24.2 Å². The minimum atomic E-state index is -0.130. The molecule has 1 saturated carbocycles. The van der Waals surface area contributed by atoms with E-state index in [9.17, 15) is 5.11 Å². The van der Waals surface area contributed by atoms with E-state index in [2.05, 4.69) is 10.3 Å². The van der Waals surface area contributed by atoms with Crippen LogP contribution >= 0.6 is 0 Å². The summed E-state index contributed by atoms with van der Waals surface area (Å²) in [6.45, 7) is 3.50. The molecule has 0 bridgehead atoms. The monoisotopic (exact) mass is 265 g/mol. The molecule has 2 atom stereocenters. The van der Waals surface area contributed by atoms with E-state index < -0.39 is 0 Å². The highest BCUT2D eigenvalue weighted by Crippen LogP contribution is 2.26. The maximum Gasteiger partial charge on any atom is 0.239 e. The number of nitrogens with zero attached hydrogens (tertiary/aromatic N) is 1. The maximum absolute atomic E-state index is 9.49. The van der Waals surface area contributed by atoms with Crippen LogP contribution < -0.4 is 15.8 Å². The molecule has 4 N–H and O–H groups in total. The number of pyridine rings is 1. The first-order chi connectivity index (χ1) is 9.19. The van der Waals surface area contributed by atoms with Gasteiger partial charge in [0, 0.05) is 6.54 Å². The molecule has 0 amide bonds. The van der Waals surface area contributed by atoms with Crippen molar-refractivity contribution in [1.29, 1.82) is 0 Å². The second-order valence-electron chi connectivity index (χ2n) is 5.15. The van der Waals surface area contributed by atoms with Crippen LogP contribution in [0, 0.1) is 5.92 Å². The molecule has 1 heterocycles. The fraction of sp³-hybridized carbons (Fsp3) is 0.643. The van der Waals surface area contributed by atoms with E-state index in [0.29, 0.717) is 24.1 Å². The van der Waals surface area contributed by atoms with Crippen LogP contribution in [-0.2, 0) is 0 Å². The molecule has 1 fully saturated rings. The van der Waals surface area contributed by atoms with Crippen LogP contribution in [0.15, 0.2) is 12.1 Å². The number of aromatic nitrogens is 1. The molecule has 2 rings (SSSR count). The third kappa shape index (κ3) is 3.99. The van der Waals surface area contributed by atoms with E-state index in [-0.39, 0.29) is 6.10 Å². The Morgan fingerprint density at radius 1 is 1.47 bits per heavy atom. The Bertz CT molecular complexity index is 412. The molecule has 0 saturated heterocycles. The molecule has 0 spiro atoms. The highest BCUT2D eigenvalue weighted by Gasteiger charge is 2.22. The van der Waals surface area contributed by atoms with Crippen LogP contribution in [0.3, 0.4) is 0 Å². The number of aliphatic hydroxyl groups is 1. The fourth-order valence-corrected chi connectivity index (χ4v) is 2.35. The number of nitrogens with one attached hydrogen (secondary N) is 1. The summed E-state index contributed by atoms with van der Waals surface area (Å²) in [7, 11) is 0. The van der Waals surface area contributed by atoms with Crippen molar-refractivity contribution >= 4 is 11.5 Å². The van der Waals surface area contributed by atoms with Gasteiger partial charge in [-0.15, -0.1) is 0 Å². The zero-order valence-corrected chi connectivity index (χ0v) is 11.4. The highest BCUT2D eigenvalue weighted by molar-refractivity contribution is 5.53. The van der Waals surface area contributed by atoms with Gasteiger partial charge in [-0.05, 0) is 43.7 Å². The van der Waals surface area contributed by atoms with Crippen molar-refractivity contribution in [3.8, 4) is 5.88 Å². The van der Waals surface area contributed by atoms with Crippen LogP contribution in [0.25, 0.3) is 0 Å². The van der Waals surface area contributed by atoms with Gasteiger partial charge in [0.1, 0.15) is 5.82 Å². The normalized spacial score (nSPS) is 22.4. The topological polar surface area (TPSA) is 80.4 Å². The van der Waals surface area contributed by atoms with Gasteiger partial charge in [-0.1, -0.05) is 6.92 Å². The number of hydrogen-bond acceptors (Lipinski definition) is 5. The molecule has 1 aromatic rings. The van der Waals surface area contributed by atoms with Gasteiger partial charge in [0.2, 0.25) is 5.88 Å². The number of rotatable bonds is 6. The smallest absolute Gasteiger partial charge is 0.239 e. The second-order valence-corrected chi connectivity index (χ2v) is 5.15. The SMILES string of the molecule is CCCOc1nc(NCC2CCC(O)C2)ccc1N. The minimum absolute atomic E-state index is 0.130. The first-order valence-corrected chi connectivity index (χ1v) is 7.00. The molecule has 19 heavy (non-hydrogen) atoms. The van der Waals surface area contributed by atoms with Gasteiger partial charge < -0.3 is 20.9 Å². The summed E-state index contributed by atoms with van der Waals surface area (Å²) < 4.78 is 5.50. The average molecular weight is 265 g/mol. The molecular weight excluding hydrogens is 242 g/mol. The van der Waals surface area contributed by atoms with Crippen LogP contribution in [0.5, 0.6) is 5.88 Å². The Labute approximate surface area is 114 Å². The van der Waals surface area contributed by atoms with E-state index in [1.807, 2.05) is 19.1 Å². The number of anilines is 2. The zero-order chi connectivity index (χ0) is 13.7. The predicted molar refractivity (Wildman–Crippen MR) is 76.3 cm³/mol. The molecule has 1 aliphatic carbocycles. The van der Waals surface area contributed by atoms with Crippen LogP contribution in [-0.4, -0.2) is 29.3 Å². The Morgan fingerprint density at radius 3 is 3.00 bits per heavy atom. The summed E-state index contributed by atoms with van der Waals surface area (Å²) in [6.07, 6.45) is 3.66. The lowest BCUT2D eigenvalue weighted by atomic mass is 10.1. The van der Waals surface area contributed by atoms with E-state index >= 15 is 0 Å². The lowest BCUT2D eigenvalue weighted by Gasteiger charge is -2.13. The Kier molecular flexibility index (Phi) is 4.85. The predicted octanol–water partition coefficient (Wildman–Crippen LogP) is 2.03. The maximum atomic E-state index is 9.49. The van der Waals surface area contributed by atoms with E-state index in [1.54, 1.807) is 0 Å². The van der Waals surface area contributed by atoms with Gasteiger partial charge in [-0.2, -0.15) is 4.98 Å². The van der Waals surface area contributed by atoms with E-state index in [0.717, 1.165) is 38.0 Å². The molecule has 5 heteroatoms. The summed E-state index contributed by atoms with van der Waals surface area (Å²) >= 11 is 0. The van der Waals surface area contributed by atoms with Gasteiger partial charge in [0.25, 0.3) is 0 Å². The van der Waals surface area contributed by atoms with Crippen LogP contribution in [0.4, 0.5) is 11.5 Å². The molecule has 1 aliphatic rings. The van der Waals surface area contributed by atoms with Gasteiger partial charge in [0.15, 0.2) is 0 Å². The summed E-state index contributed by atoms with van der Waals surface area (Å²) in [4.78, 5) is 4.37. The lowest BCUT2D eigenvalue weighted by Crippen LogP contribution is -2.14. The average Bonchev–Trinajstić information content (AvgIpc) is 2.82. The molecule has 5 nitrogen and oxygen atoms in total. The summed E-state index contributed by atoms with van der Waals surface area (Å²) in [5.74, 6) is 1.80. The number of nitrogen functional groups attached to an aromatic ring is 1. The number of hydrogen-bond donors (Lipinski definition) is 3. The standard InChI is InChI=1S/C14H23N3O2/c1-2-7-19-14-12(15)5-6-13(17-14)16-9-10-3-4-11(18)8-10/h5-6,10-11,18H,2-4,7-9,15H2,1H3,(H,16,17). The molecule has 0 aromatic carbocycles. The summed E-state index contributed by atoms with van der Waals surface area (Å²) in [6, 6.07) is 3.67. The number of aliphatic hydroxyl groups excluding tert-OH is 1. The largest absolute Gasteiger partial charge is 0.476 e. The second kappa shape index (κ2) is 6.61. The number of nitrogens with two attached hydrogens (primary N) is 1. The van der Waals surface area contributed by atoms with Gasteiger partial charge in [-0.25, -0.2) is 0 Å². The molecule has 0 aliphatic heterocycles. The lowest BCUT2D eigenvalue weighted by molar-refractivity contribution is 0.178. The van der Waals surface area contributed by atoms with Crippen LogP contribution in [0.2, 0.25) is 0 Å². The van der Waals surface area contributed by atoms with Crippen molar-refractivity contribution in [3.63, 3.8) is 0 Å². The van der Waals surface area contributed by atoms with Crippen molar-refractivity contribution in [1.82, 2.24) is 4.98 Å². The van der Waals surface area contributed by atoms with E-state index in [1.165, 1.54) is 0 Å². The summed E-state index contributed by atoms with van der Waals surface area (Å²) in [5, 5.41) is 12.8. The van der Waals surface area contributed by atoms with Crippen molar-refractivity contribution in [2.24, 2.45) is 5.92 Å². The highest BCUT2D eigenvalue weighted by atomic mass is 16.5. The van der Waals surface area contributed by atoms with Crippen LogP contribution in [0.1, 0.15) is 32.6 Å². The first kappa shape index (κ1) is 13.9. The van der Waals surface area contributed by atoms with E-state index in [4.69, 9.17) is 10.5 Å². The zero-order valence-electron chi connectivity index (χ0n) is 11.4. The van der Waals surface area contributed by atoms with Gasteiger partial charge >= 0.3 is 0 Å². The Morgan fingerprint density at radius 2 is 2.32 bits per heavy atom. The molecular formula is C14H23N3O2.